The summed E-state index contributed by atoms with van der Waals surface area (Å²) >= 11 is 1.25. The third kappa shape index (κ3) is 5.21. The number of sulfone groups is 1. The van der Waals surface area contributed by atoms with Crippen LogP contribution in [0.25, 0.3) is 0 Å². The highest BCUT2D eigenvalue weighted by molar-refractivity contribution is 14.0. The Labute approximate surface area is 141 Å². The molecule has 1 aliphatic rings. The molecule has 1 fully saturated rings. The number of guanidine groups is 1. The van der Waals surface area contributed by atoms with Gasteiger partial charge in [0.1, 0.15) is 4.21 Å². The first-order chi connectivity index (χ1) is 8.95. The number of nitrogens with zero attached hydrogens (tertiary/aromatic N) is 1. The van der Waals surface area contributed by atoms with Crippen LogP contribution in [0.1, 0.15) is 30.6 Å². The van der Waals surface area contributed by atoms with Gasteiger partial charge >= 0.3 is 0 Å². The topological polar surface area (TPSA) is 84.5 Å². The van der Waals surface area contributed by atoms with E-state index in [0.717, 1.165) is 17.7 Å². The standard InChI is InChI=1S/C12H19N3O2S2.HI/c1-19(16,17)11-7-6-10(18-11)8-14-12(13)15-9-4-2-3-5-9;/h6-7,9H,2-5,8H2,1H3,(H3,13,14,15);1H. The van der Waals surface area contributed by atoms with Crippen LogP contribution in [0.5, 0.6) is 0 Å². The Hall–Kier alpha value is -0.350. The molecule has 0 amide bonds. The van der Waals surface area contributed by atoms with Gasteiger partial charge in [0.2, 0.25) is 0 Å². The lowest BCUT2D eigenvalue weighted by Crippen LogP contribution is -2.38. The molecule has 0 aliphatic heterocycles. The Morgan fingerprint density at radius 2 is 2.10 bits per heavy atom. The Bertz CT molecular complexity index is 563. The van der Waals surface area contributed by atoms with Gasteiger partial charge in [-0.25, -0.2) is 13.4 Å². The Morgan fingerprint density at radius 1 is 1.45 bits per heavy atom. The molecule has 1 aromatic heterocycles. The summed E-state index contributed by atoms with van der Waals surface area (Å²) < 4.78 is 23.1. The lowest BCUT2D eigenvalue weighted by atomic mass is 10.2. The maximum atomic E-state index is 11.4. The monoisotopic (exact) mass is 429 g/mol. The van der Waals surface area contributed by atoms with Gasteiger partial charge in [0.05, 0.1) is 6.54 Å². The summed E-state index contributed by atoms with van der Waals surface area (Å²) in [5, 5.41) is 3.20. The third-order valence-corrected chi connectivity index (χ3v) is 6.00. The zero-order valence-corrected chi connectivity index (χ0v) is 15.3. The first-order valence-corrected chi connectivity index (χ1v) is 9.01. The molecule has 3 N–H and O–H groups in total. The van der Waals surface area contributed by atoms with Gasteiger partial charge in [-0.3, -0.25) is 0 Å². The van der Waals surface area contributed by atoms with E-state index in [1.54, 1.807) is 12.1 Å². The largest absolute Gasteiger partial charge is 0.370 e. The SMILES string of the molecule is CS(=O)(=O)c1ccc(CN=C(N)NC2CCCC2)s1.I. The molecule has 0 bridgehead atoms. The normalized spacial score (nSPS) is 16.9. The maximum Gasteiger partial charge on any atom is 0.189 e. The highest BCUT2D eigenvalue weighted by Gasteiger charge is 2.15. The van der Waals surface area contributed by atoms with Gasteiger partial charge in [-0.15, -0.1) is 35.3 Å². The highest BCUT2D eigenvalue weighted by atomic mass is 127. The van der Waals surface area contributed by atoms with E-state index in [2.05, 4.69) is 10.3 Å². The minimum atomic E-state index is -3.12. The number of halogens is 1. The molecule has 0 spiro atoms. The van der Waals surface area contributed by atoms with Crippen molar-refractivity contribution in [3.63, 3.8) is 0 Å². The molecular weight excluding hydrogens is 409 g/mol. The predicted octanol–water partition coefficient (Wildman–Crippen LogP) is 2.12. The van der Waals surface area contributed by atoms with Crippen molar-refractivity contribution in [3.05, 3.63) is 17.0 Å². The Kier molecular flexibility index (Phi) is 6.73. The van der Waals surface area contributed by atoms with Crippen LogP contribution in [0.3, 0.4) is 0 Å². The fraction of sp³-hybridized carbons (Fsp3) is 0.583. The molecule has 1 saturated carbocycles. The number of thiophene rings is 1. The first-order valence-electron chi connectivity index (χ1n) is 6.30. The summed E-state index contributed by atoms with van der Waals surface area (Å²) in [7, 11) is -3.12. The van der Waals surface area contributed by atoms with Crippen molar-refractivity contribution in [2.45, 2.75) is 42.5 Å². The zero-order chi connectivity index (χ0) is 13.9. The fourth-order valence-corrected chi connectivity index (χ4v) is 4.03. The Balaban J connectivity index is 0.00000200. The molecule has 0 unspecified atom stereocenters. The quantitative estimate of drug-likeness (QED) is 0.436. The van der Waals surface area contributed by atoms with Crippen molar-refractivity contribution < 1.29 is 8.42 Å². The summed E-state index contributed by atoms with van der Waals surface area (Å²) in [5.74, 6) is 0.446. The van der Waals surface area contributed by atoms with Crippen molar-refractivity contribution in [2.24, 2.45) is 10.7 Å². The zero-order valence-electron chi connectivity index (χ0n) is 11.3. The molecule has 114 valence electrons. The first kappa shape index (κ1) is 17.7. The van der Waals surface area contributed by atoms with E-state index in [1.165, 1.54) is 30.4 Å². The van der Waals surface area contributed by atoms with Crippen LogP contribution in [0.2, 0.25) is 0 Å². The van der Waals surface area contributed by atoms with Crippen LogP contribution in [-0.2, 0) is 16.4 Å². The molecule has 0 saturated heterocycles. The summed E-state index contributed by atoms with van der Waals surface area (Å²) in [6.45, 7) is 0.422. The van der Waals surface area contributed by atoms with Gasteiger partial charge < -0.3 is 11.1 Å². The van der Waals surface area contributed by atoms with E-state index in [4.69, 9.17) is 5.73 Å². The van der Waals surface area contributed by atoms with Gasteiger partial charge in [-0.05, 0) is 25.0 Å². The number of hydrogen-bond acceptors (Lipinski definition) is 4. The van der Waals surface area contributed by atoms with E-state index >= 15 is 0 Å². The van der Waals surface area contributed by atoms with Crippen LogP contribution < -0.4 is 11.1 Å². The second-order valence-corrected chi connectivity index (χ2v) is 8.23. The van der Waals surface area contributed by atoms with Crippen molar-refractivity contribution in [1.29, 1.82) is 0 Å². The molecular formula is C12H20IN3O2S2. The second-order valence-electron chi connectivity index (χ2n) is 4.82. The van der Waals surface area contributed by atoms with Gasteiger partial charge in [0.15, 0.2) is 15.8 Å². The van der Waals surface area contributed by atoms with Gasteiger partial charge in [-0.2, -0.15) is 0 Å². The molecule has 8 heteroatoms. The molecule has 0 aromatic carbocycles. The van der Waals surface area contributed by atoms with E-state index in [-0.39, 0.29) is 24.0 Å². The molecule has 1 aliphatic carbocycles. The number of rotatable bonds is 4. The van der Waals surface area contributed by atoms with Crippen molar-refractivity contribution in [1.82, 2.24) is 5.32 Å². The molecule has 0 atom stereocenters. The van der Waals surface area contributed by atoms with Crippen LogP contribution in [-0.4, -0.2) is 26.7 Å². The van der Waals surface area contributed by atoms with E-state index < -0.39 is 9.84 Å². The molecule has 0 radical (unpaired) electrons. The van der Waals surface area contributed by atoms with E-state index in [0.29, 0.717) is 22.8 Å². The predicted molar refractivity (Wildman–Crippen MR) is 93.6 cm³/mol. The second kappa shape index (κ2) is 7.60. The average molecular weight is 429 g/mol. The summed E-state index contributed by atoms with van der Waals surface area (Å²) in [5.41, 5.74) is 5.82. The maximum absolute atomic E-state index is 11.4. The lowest BCUT2D eigenvalue weighted by molar-refractivity contribution is 0.604. The van der Waals surface area contributed by atoms with Crippen molar-refractivity contribution >= 4 is 51.1 Å². The molecule has 2 rings (SSSR count). The number of nitrogens with one attached hydrogen (secondary N) is 1. The minimum Gasteiger partial charge on any atom is -0.370 e. The van der Waals surface area contributed by atoms with E-state index in [1.807, 2.05) is 0 Å². The summed E-state index contributed by atoms with van der Waals surface area (Å²) in [6, 6.07) is 3.84. The number of hydrogen-bond donors (Lipinski definition) is 2. The van der Waals surface area contributed by atoms with Crippen LogP contribution >= 0.6 is 35.3 Å². The molecule has 20 heavy (non-hydrogen) atoms. The average Bonchev–Trinajstić information content (AvgIpc) is 2.95. The van der Waals surface area contributed by atoms with E-state index in [9.17, 15) is 8.42 Å². The van der Waals surface area contributed by atoms with Crippen molar-refractivity contribution in [3.8, 4) is 0 Å². The number of nitrogens with two attached hydrogens (primary N) is 1. The molecule has 5 nitrogen and oxygen atoms in total. The summed E-state index contributed by atoms with van der Waals surface area (Å²) in [6.07, 6.45) is 5.99. The van der Waals surface area contributed by atoms with Gasteiger partial charge in [-0.1, -0.05) is 12.8 Å². The van der Waals surface area contributed by atoms with Crippen LogP contribution in [0.4, 0.5) is 0 Å². The highest BCUT2D eigenvalue weighted by Crippen LogP contribution is 2.22. The smallest absolute Gasteiger partial charge is 0.189 e. The Morgan fingerprint density at radius 3 is 2.65 bits per heavy atom. The van der Waals surface area contributed by atoms with Crippen LogP contribution in [0, 0.1) is 0 Å². The minimum absolute atomic E-state index is 0. The summed E-state index contributed by atoms with van der Waals surface area (Å²) in [4.78, 5) is 5.15. The molecule has 1 aromatic rings. The number of aliphatic imine (C=N–C) groups is 1. The third-order valence-electron chi connectivity index (χ3n) is 3.11. The van der Waals surface area contributed by atoms with Crippen molar-refractivity contribution in [2.75, 3.05) is 6.26 Å². The lowest BCUT2D eigenvalue weighted by Gasteiger charge is -2.11. The fourth-order valence-electron chi connectivity index (χ4n) is 2.13. The van der Waals surface area contributed by atoms with Gasteiger partial charge in [0.25, 0.3) is 0 Å². The van der Waals surface area contributed by atoms with Gasteiger partial charge in [0, 0.05) is 17.2 Å². The van der Waals surface area contributed by atoms with Crippen LogP contribution in [0.15, 0.2) is 21.3 Å². The molecule has 1 heterocycles.